The van der Waals surface area contributed by atoms with E-state index >= 15 is 0 Å². The zero-order valence-electron chi connectivity index (χ0n) is 18.6. The lowest BCUT2D eigenvalue weighted by atomic mass is 9.94. The van der Waals surface area contributed by atoms with E-state index in [-0.39, 0.29) is 5.91 Å². The summed E-state index contributed by atoms with van der Waals surface area (Å²) in [7, 11) is 0. The zero-order chi connectivity index (χ0) is 22.5. The molecule has 4 aromatic rings. The van der Waals surface area contributed by atoms with Crippen LogP contribution in [0.2, 0.25) is 0 Å². The van der Waals surface area contributed by atoms with Gasteiger partial charge in [-0.3, -0.25) is 4.79 Å². The second kappa shape index (κ2) is 9.79. The Labute approximate surface area is 193 Å². The Bertz CT molecular complexity index is 1210. The van der Waals surface area contributed by atoms with Crippen molar-refractivity contribution in [3.05, 3.63) is 99.5 Å². The molecule has 0 saturated carbocycles. The van der Waals surface area contributed by atoms with Gasteiger partial charge in [-0.25, -0.2) is 4.98 Å². The molecule has 2 N–H and O–H groups in total. The van der Waals surface area contributed by atoms with Gasteiger partial charge in [0.05, 0.1) is 10.7 Å². The molecule has 0 unspecified atom stereocenters. The van der Waals surface area contributed by atoms with Gasteiger partial charge in [-0.2, -0.15) is 0 Å². The largest absolute Gasteiger partial charge is 0.385 e. The molecule has 4 rings (SSSR count). The predicted molar refractivity (Wildman–Crippen MR) is 135 cm³/mol. The minimum absolute atomic E-state index is 0.108. The molecule has 0 aliphatic carbocycles. The Morgan fingerprint density at radius 2 is 1.62 bits per heavy atom. The van der Waals surface area contributed by atoms with Gasteiger partial charge in [-0.1, -0.05) is 42.0 Å². The number of benzene rings is 3. The lowest BCUT2D eigenvalue weighted by molar-refractivity contribution is 0.102. The van der Waals surface area contributed by atoms with E-state index in [1.807, 2.05) is 56.3 Å². The van der Waals surface area contributed by atoms with Crippen molar-refractivity contribution >= 4 is 28.6 Å². The number of nitrogens with zero attached hydrogens (tertiary/aromatic N) is 1. The number of carbonyl (C=O) groups is 1. The van der Waals surface area contributed by atoms with Crippen LogP contribution in [0.15, 0.2) is 72.1 Å². The van der Waals surface area contributed by atoms with Gasteiger partial charge in [-0.05, 0) is 67.8 Å². The molecule has 0 aliphatic rings. The van der Waals surface area contributed by atoms with Crippen molar-refractivity contribution in [1.82, 2.24) is 4.98 Å². The maximum absolute atomic E-state index is 13.1. The molecule has 0 aliphatic heterocycles. The summed E-state index contributed by atoms with van der Waals surface area (Å²) in [5.74, 6) is -0.108. The third-order valence-electron chi connectivity index (χ3n) is 5.38. The van der Waals surface area contributed by atoms with Gasteiger partial charge >= 0.3 is 0 Å². The first kappa shape index (κ1) is 21.8. The fraction of sp³-hybridized carbons (Fsp3) is 0.185. The quantitative estimate of drug-likeness (QED) is 0.338. The highest BCUT2D eigenvalue weighted by atomic mass is 32.1. The molecule has 0 bridgehead atoms. The summed E-state index contributed by atoms with van der Waals surface area (Å²) in [6.07, 6.45) is 0.887. The summed E-state index contributed by atoms with van der Waals surface area (Å²) >= 11 is 1.68. The summed E-state index contributed by atoms with van der Waals surface area (Å²) in [5, 5.41) is 9.65. The monoisotopic (exact) mass is 441 g/mol. The normalized spacial score (nSPS) is 10.7. The van der Waals surface area contributed by atoms with Crippen LogP contribution in [-0.2, 0) is 6.42 Å². The van der Waals surface area contributed by atoms with Gasteiger partial charge in [-0.15, -0.1) is 11.3 Å². The molecule has 4 nitrogen and oxygen atoms in total. The summed E-state index contributed by atoms with van der Waals surface area (Å²) in [5.41, 5.74) is 7.88. The van der Waals surface area contributed by atoms with E-state index < -0.39 is 0 Å². The number of hydrogen-bond acceptors (Lipinski definition) is 4. The minimum Gasteiger partial charge on any atom is -0.385 e. The van der Waals surface area contributed by atoms with Crippen LogP contribution < -0.4 is 10.6 Å². The van der Waals surface area contributed by atoms with E-state index in [0.29, 0.717) is 5.56 Å². The van der Waals surface area contributed by atoms with Crippen molar-refractivity contribution in [3.8, 4) is 11.1 Å². The Balaban J connectivity index is 1.43. The Hall–Kier alpha value is -3.44. The second-order valence-corrected chi connectivity index (χ2v) is 8.99. The van der Waals surface area contributed by atoms with Crippen LogP contribution in [0.1, 0.15) is 32.2 Å². The zero-order valence-corrected chi connectivity index (χ0v) is 19.4. The van der Waals surface area contributed by atoms with E-state index in [1.54, 1.807) is 11.3 Å². The number of nitrogens with one attached hydrogen (secondary N) is 2. The number of carbonyl (C=O) groups excluding carboxylic acids is 1. The van der Waals surface area contributed by atoms with Crippen molar-refractivity contribution in [2.24, 2.45) is 0 Å². The number of amides is 1. The van der Waals surface area contributed by atoms with Crippen LogP contribution in [0, 0.1) is 20.8 Å². The molecule has 0 radical (unpaired) electrons. The third kappa shape index (κ3) is 5.24. The predicted octanol–water partition coefficient (Wildman–Crippen LogP) is 6.64. The average molecular weight is 442 g/mol. The number of anilines is 2. The van der Waals surface area contributed by atoms with Crippen LogP contribution >= 0.6 is 11.3 Å². The molecule has 32 heavy (non-hydrogen) atoms. The van der Waals surface area contributed by atoms with Crippen molar-refractivity contribution in [2.45, 2.75) is 27.2 Å². The highest BCUT2D eigenvalue weighted by Gasteiger charge is 2.15. The van der Waals surface area contributed by atoms with Crippen LogP contribution in [0.25, 0.3) is 11.1 Å². The molecule has 1 aromatic heterocycles. The van der Waals surface area contributed by atoms with Crippen molar-refractivity contribution in [2.75, 3.05) is 17.2 Å². The van der Waals surface area contributed by atoms with Gasteiger partial charge in [0.25, 0.3) is 5.91 Å². The number of hydrogen-bond donors (Lipinski definition) is 2. The lowest BCUT2D eigenvalue weighted by Crippen LogP contribution is -2.14. The summed E-state index contributed by atoms with van der Waals surface area (Å²) < 4.78 is 0. The SMILES string of the molecule is Cc1ccc(-c2c(C)cccc2C(=O)Nc2ccc(NCCc3csc(C)n3)cc2)cc1. The highest BCUT2D eigenvalue weighted by Crippen LogP contribution is 2.28. The van der Waals surface area contributed by atoms with Crippen LogP contribution in [-0.4, -0.2) is 17.4 Å². The van der Waals surface area contributed by atoms with Crippen molar-refractivity contribution < 1.29 is 4.79 Å². The topological polar surface area (TPSA) is 54.0 Å². The molecule has 0 fully saturated rings. The first-order valence-corrected chi connectivity index (χ1v) is 11.6. The summed E-state index contributed by atoms with van der Waals surface area (Å²) in [4.78, 5) is 17.6. The summed E-state index contributed by atoms with van der Waals surface area (Å²) in [6.45, 7) is 6.94. The first-order chi connectivity index (χ1) is 15.5. The summed E-state index contributed by atoms with van der Waals surface area (Å²) in [6, 6.07) is 22.0. The molecule has 3 aromatic carbocycles. The molecule has 0 atom stereocenters. The number of aromatic nitrogens is 1. The number of aryl methyl sites for hydroxylation is 3. The fourth-order valence-corrected chi connectivity index (χ4v) is 4.34. The van der Waals surface area contributed by atoms with E-state index in [2.05, 4.69) is 52.2 Å². The van der Waals surface area contributed by atoms with Crippen LogP contribution in [0.3, 0.4) is 0 Å². The maximum Gasteiger partial charge on any atom is 0.256 e. The smallest absolute Gasteiger partial charge is 0.256 e. The number of thiazole rings is 1. The molecule has 0 saturated heterocycles. The van der Waals surface area contributed by atoms with E-state index in [9.17, 15) is 4.79 Å². The molecule has 5 heteroatoms. The fourth-order valence-electron chi connectivity index (χ4n) is 3.69. The van der Waals surface area contributed by atoms with Crippen LogP contribution in [0.4, 0.5) is 11.4 Å². The molecular weight excluding hydrogens is 414 g/mol. The van der Waals surface area contributed by atoms with Crippen molar-refractivity contribution in [3.63, 3.8) is 0 Å². The van der Waals surface area contributed by atoms with Crippen molar-refractivity contribution in [1.29, 1.82) is 0 Å². The van der Waals surface area contributed by atoms with Gasteiger partial charge in [0.1, 0.15) is 0 Å². The lowest BCUT2D eigenvalue weighted by Gasteiger charge is -2.14. The van der Waals surface area contributed by atoms with Gasteiger partial charge in [0.15, 0.2) is 0 Å². The maximum atomic E-state index is 13.1. The number of rotatable bonds is 7. The first-order valence-electron chi connectivity index (χ1n) is 10.7. The van der Waals surface area contributed by atoms with Gasteiger partial charge < -0.3 is 10.6 Å². The average Bonchev–Trinajstić information content (AvgIpc) is 3.20. The van der Waals surface area contributed by atoms with Gasteiger partial charge in [0.2, 0.25) is 0 Å². The molecule has 1 heterocycles. The van der Waals surface area contributed by atoms with E-state index in [0.717, 1.165) is 51.7 Å². The van der Waals surface area contributed by atoms with E-state index in [1.165, 1.54) is 5.56 Å². The third-order valence-corrected chi connectivity index (χ3v) is 6.20. The van der Waals surface area contributed by atoms with Crippen LogP contribution in [0.5, 0.6) is 0 Å². The molecular formula is C27H27N3OS. The standard InChI is InChI=1S/C27H27N3OS/c1-18-7-9-21(10-8-18)26-19(2)5-4-6-25(26)27(31)30-23-13-11-22(12-14-23)28-16-15-24-17-32-20(3)29-24/h4-14,17,28H,15-16H2,1-3H3,(H,30,31). The van der Waals surface area contributed by atoms with Gasteiger partial charge in [0, 0.05) is 35.3 Å². The Morgan fingerprint density at radius 3 is 2.31 bits per heavy atom. The Morgan fingerprint density at radius 1 is 0.906 bits per heavy atom. The van der Waals surface area contributed by atoms with E-state index in [4.69, 9.17) is 0 Å². The minimum atomic E-state index is -0.108. The molecule has 1 amide bonds. The molecule has 162 valence electrons. The Kier molecular flexibility index (Phi) is 6.66. The highest BCUT2D eigenvalue weighted by molar-refractivity contribution is 7.09. The molecule has 0 spiro atoms. The second-order valence-electron chi connectivity index (χ2n) is 7.93.